The highest BCUT2D eigenvalue weighted by molar-refractivity contribution is 7.09. The normalized spacial score (nSPS) is 25.5. The van der Waals surface area contributed by atoms with Gasteiger partial charge in [-0.05, 0) is 24.8 Å². The summed E-state index contributed by atoms with van der Waals surface area (Å²) in [7, 11) is 0. The van der Waals surface area contributed by atoms with Crippen molar-refractivity contribution >= 4 is 17.2 Å². The van der Waals surface area contributed by atoms with Gasteiger partial charge < -0.3 is 15.4 Å². The lowest BCUT2D eigenvalue weighted by atomic mass is 9.82. The van der Waals surface area contributed by atoms with Crippen molar-refractivity contribution in [2.75, 3.05) is 13.2 Å². The van der Waals surface area contributed by atoms with E-state index in [0.29, 0.717) is 12.6 Å². The van der Waals surface area contributed by atoms with Crippen molar-refractivity contribution in [3.8, 4) is 0 Å². The minimum atomic E-state index is 0.0767. The van der Waals surface area contributed by atoms with Crippen LogP contribution >= 0.6 is 11.3 Å². The maximum Gasteiger partial charge on any atom is 0.223 e. The van der Waals surface area contributed by atoms with Crippen molar-refractivity contribution < 1.29 is 9.53 Å². The quantitative estimate of drug-likeness (QED) is 0.848. The molecular formula is C20H25N3O2S. The number of benzene rings is 1. The average molecular weight is 372 g/mol. The molecule has 3 atom stereocenters. The van der Waals surface area contributed by atoms with Gasteiger partial charge in [0.25, 0.3) is 0 Å². The van der Waals surface area contributed by atoms with Crippen molar-refractivity contribution in [3.63, 3.8) is 0 Å². The number of amides is 1. The summed E-state index contributed by atoms with van der Waals surface area (Å²) >= 11 is 1.66. The fourth-order valence-electron chi connectivity index (χ4n) is 3.85. The topological polar surface area (TPSA) is 63.2 Å². The molecule has 0 unspecified atom stereocenters. The zero-order valence-corrected chi connectivity index (χ0v) is 15.6. The lowest BCUT2D eigenvalue weighted by molar-refractivity contribution is -0.128. The monoisotopic (exact) mass is 371 g/mol. The number of aromatic nitrogens is 1. The minimum absolute atomic E-state index is 0.0767. The van der Waals surface area contributed by atoms with Crippen molar-refractivity contribution in [2.24, 2.45) is 5.92 Å². The summed E-state index contributed by atoms with van der Waals surface area (Å²) in [6, 6.07) is 10.7. The highest BCUT2D eigenvalue weighted by Crippen LogP contribution is 2.28. The van der Waals surface area contributed by atoms with Crippen LogP contribution in [0.3, 0.4) is 0 Å². The molecule has 5 nitrogen and oxygen atoms in total. The predicted octanol–water partition coefficient (Wildman–Crippen LogP) is 2.51. The molecule has 2 aliphatic rings. The number of fused-ring (bicyclic) bond motifs is 1. The second kappa shape index (κ2) is 8.29. The van der Waals surface area contributed by atoms with Crippen molar-refractivity contribution in [1.82, 2.24) is 15.6 Å². The molecule has 26 heavy (non-hydrogen) atoms. The van der Waals surface area contributed by atoms with E-state index in [-0.39, 0.29) is 17.9 Å². The molecule has 1 aromatic carbocycles. The minimum Gasteiger partial charge on any atom is -0.375 e. The highest BCUT2D eigenvalue weighted by atomic mass is 32.1. The first-order valence-corrected chi connectivity index (χ1v) is 10.3. The van der Waals surface area contributed by atoms with Gasteiger partial charge in [-0.25, -0.2) is 4.98 Å². The van der Waals surface area contributed by atoms with Crippen LogP contribution in [-0.2, 0) is 22.5 Å². The van der Waals surface area contributed by atoms with Crippen molar-refractivity contribution in [3.05, 3.63) is 52.0 Å². The smallest absolute Gasteiger partial charge is 0.223 e. The van der Waals surface area contributed by atoms with Crippen LogP contribution in [-0.4, -0.2) is 36.2 Å². The van der Waals surface area contributed by atoms with E-state index in [2.05, 4.69) is 27.8 Å². The molecule has 1 aliphatic carbocycles. The van der Waals surface area contributed by atoms with E-state index in [1.807, 2.05) is 23.6 Å². The predicted molar refractivity (Wildman–Crippen MR) is 102 cm³/mol. The van der Waals surface area contributed by atoms with E-state index in [1.54, 1.807) is 11.3 Å². The Labute approximate surface area is 158 Å². The van der Waals surface area contributed by atoms with E-state index < -0.39 is 0 Å². The summed E-state index contributed by atoms with van der Waals surface area (Å²) in [5.41, 5.74) is 2.21. The van der Waals surface area contributed by atoms with E-state index >= 15 is 0 Å². The first-order valence-electron chi connectivity index (χ1n) is 9.38. The van der Waals surface area contributed by atoms with E-state index in [9.17, 15) is 4.79 Å². The summed E-state index contributed by atoms with van der Waals surface area (Å²) in [5.74, 6) is 0.223. The number of hydrogen-bond acceptors (Lipinski definition) is 5. The lowest BCUT2D eigenvalue weighted by Gasteiger charge is -2.39. The molecule has 2 aromatic rings. The molecule has 1 saturated heterocycles. The van der Waals surface area contributed by atoms with Gasteiger partial charge in [-0.2, -0.15) is 0 Å². The Morgan fingerprint density at radius 3 is 3.08 bits per heavy atom. The summed E-state index contributed by atoms with van der Waals surface area (Å²) in [4.78, 5) is 17.2. The molecule has 2 fully saturated rings. The number of ether oxygens (including phenoxy) is 1. The van der Waals surface area contributed by atoms with E-state index in [4.69, 9.17) is 4.74 Å². The van der Waals surface area contributed by atoms with Crippen LogP contribution in [0.1, 0.15) is 35.5 Å². The van der Waals surface area contributed by atoms with Crippen LogP contribution in [0.5, 0.6) is 0 Å². The zero-order chi connectivity index (χ0) is 17.8. The van der Waals surface area contributed by atoms with Crippen LogP contribution in [0, 0.1) is 5.92 Å². The van der Waals surface area contributed by atoms with Gasteiger partial charge in [0.1, 0.15) is 0 Å². The molecule has 138 valence electrons. The van der Waals surface area contributed by atoms with Gasteiger partial charge in [0.05, 0.1) is 30.0 Å². The third-order valence-electron chi connectivity index (χ3n) is 5.24. The van der Waals surface area contributed by atoms with Gasteiger partial charge in [0.15, 0.2) is 0 Å². The fourth-order valence-corrected chi connectivity index (χ4v) is 4.68. The highest BCUT2D eigenvalue weighted by Gasteiger charge is 2.35. The Bertz CT molecular complexity index is 734. The molecule has 4 rings (SSSR count). The molecule has 0 spiro atoms. The Balaban J connectivity index is 1.27. The van der Waals surface area contributed by atoms with Crippen LogP contribution in [0.25, 0.3) is 0 Å². The Hall–Kier alpha value is -1.76. The van der Waals surface area contributed by atoms with E-state index in [1.165, 1.54) is 5.56 Å². The third kappa shape index (κ3) is 4.31. The number of hydrogen-bond donors (Lipinski definition) is 2. The van der Waals surface area contributed by atoms with E-state index in [0.717, 1.165) is 49.5 Å². The second-order valence-corrected chi connectivity index (χ2v) is 8.04. The molecule has 1 aromatic heterocycles. The molecule has 0 bridgehead atoms. The number of carbonyl (C=O) groups excluding carboxylic acids is 1. The summed E-state index contributed by atoms with van der Waals surface area (Å²) in [6.45, 7) is 2.18. The van der Waals surface area contributed by atoms with Gasteiger partial charge in [-0.3, -0.25) is 4.79 Å². The van der Waals surface area contributed by atoms with Gasteiger partial charge >= 0.3 is 0 Å². The number of nitrogens with one attached hydrogen (secondary N) is 2. The summed E-state index contributed by atoms with van der Waals surface area (Å²) in [5, 5.41) is 9.70. The van der Waals surface area contributed by atoms with Crippen LogP contribution < -0.4 is 10.6 Å². The maximum absolute atomic E-state index is 12.5. The Kier molecular flexibility index (Phi) is 5.62. The van der Waals surface area contributed by atoms with Gasteiger partial charge in [-0.15, -0.1) is 11.3 Å². The maximum atomic E-state index is 12.5. The van der Waals surface area contributed by atoms with Crippen LogP contribution in [0.4, 0.5) is 0 Å². The molecular weight excluding hydrogens is 346 g/mol. The second-order valence-electron chi connectivity index (χ2n) is 7.09. The fraction of sp³-hybridized carbons (Fsp3) is 0.500. The molecule has 1 amide bonds. The lowest BCUT2D eigenvalue weighted by Crippen LogP contribution is -2.53. The van der Waals surface area contributed by atoms with Gasteiger partial charge in [-0.1, -0.05) is 30.3 Å². The molecule has 1 saturated carbocycles. The molecule has 1 aliphatic heterocycles. The number of morpholine rings is 1. The van der Waals surface area contributed by atoms with Gasteiger partial charge in [0, 0.05) is 30.3 Å². The number of rotatable bonds is 5. The summed E-state index contributed by atoms with van der Waals surface area (Å²) < 4.78 is 5.79. The Morgan fingerprint density at radius 2 is 2.19 bits per heavy atom. The van der Waals surface area contributed by atoms with Crippen molar-refractivity contribution in [2.45, 2.75) is 44.4 Å². The molecule has 2 heterocycles. The molecule has 0 radical (unpaired) electrons. The SMILES string of the molecule is O=C(NCc1csc(Cc2ccccc2)n1)[C@H]1CC[C@H]2OCCN[C@@H]2C1. The van der Waals surface area contributed by atoms with Crippen LogP contribution in [0.15, 0.2) is 35.7 Å². The number of thiazole rings is 1. The molecule has 2 N–H and O–H groups in total. The number of carbonyl (C=O) groups is 1. The van der Waals surface area contributed by atoms with Crippen molar-refractivity contribution in [1.29, 1.82) is 0 Å². The van der Waals surface area contributed by atoms with Crippen LogP contribution in [0.2, 0.25) is 0 Å². The first-order chi connectivity index (χ1) is 12.8. The third-order valence-corrected chi connectivity index (χ3v) is 6.14. The number of nitrogens with zero attached hydrogens (tertiary/aromatic N) is 1. The first kappa shape index (κ1) is 17.6. The standard InChI is InChI=1S/C20H25N3O2S/c24-20(15-6-7-18-17(11-15)21-8-9-25-18)22-12-16-13-26-19(23-16)10-14-4-2-1-3-5-14/h1-5,13,15,17-18,21H,6-12H2,(H,22,24)/t15-,17+,18+/m0/s1. The summed E-state index contributed by atoms with van der Waals surface area (Å²) in [6.07, 6.45) is 3.87. The molecule has 6 heteroatoms. The Morgan fingerprint density at radius 1 is 1.31 bits per heavy atom. The average Bonchev–Trinajstić information content (AvgIpc) is 3.14. The largest absolute Gasteiger partial charge is 0.375 e. The zero-order valence-electron chi connectivity index (χ0n) is 14.8. The van der Waals surface area contributed by atoms with Gasteiger partial charge in [0.2, 0.25) is 5.91 Å².